The summed E-state index contributed by atoms with van der Waals surface area (Å²) in [5, 5.41) is 11.2. The van der Waals surface area contributed by atoms with Gasteiger partial charge in [-0.15, -0.1) is 10.2 Å². The minimum absolute atomic E-state index is 0.292. The first kappa shape index (κ1) is 21.6. The third kappa shape index (κ3) is 3.96. The molecule has 3 aromatic heterocycles. The van der Waals surface area contributed by atoms with E-state index in [-0.39, 0.29) is 5.63 Å². The normalized spacial score (nSPS) is 20.0. The maximum Gasteiger partial charge on any atom is 0.336 e. The molecule has 7 heteroatoms. The summed E-state index contributed by atoms with van der Waals surface area (Å²) in [6.45, 7) is 2.34. The van der Waals surface area contributed by atoms with Crippen molar-refractivity contribution in [1.82, 2.24) is 19.7 Å². The molecule has 2 aliphatic carbocycles. The second-order valence-corrected chi connectivity index (χ2v) is 10.5. The Balaban J connectivity index is 1.38. The van der Waals surface area contributed by atoms with Gasteiger partial charge in [0.2, 0.25) is 0 Å². The number of aromatic nitrogens is 4. The average molecular weight is 473 g/mol. The summed E-state index contributed by atoms with van der Waals surface area (Å²) in [7, 11) is 0. The van der Waals surface area contributed by atoms with Crippen LogP contribution in [-0.4, -0.2) is 19.7 Å². The number of benzene rings is 1. The van der Waals surface area contributed by atoms with Gasteiger partial charge in [-0.2, -0.15) is 0 Å². The summed E-state index contributed by atoms with van der Waals surface area (Å²) in [5.41, 5.74) is 5.08. The highest BCUT2D eigenvalue weighted by Crippen LogP contribution is 2.40. The summed E-state index contributed by atoms with van der Waals surface area (Å²) in [6.07, 6.45) is 11.8. The van der Waals surface area contributed by atoms with Crippen LogP contribution < -0.4 is 5.63 Å². The Kier molecular flexibility index (Phi) is 5.73. The molecule has 0 N–H and O–H groups in total. The van der Waals surface area contributed by atoms with Crippen molar-refractivity contribution < 1.29 is 4.42 Å². The SMILES string of the molecule is C[C@@H]1CCCC[C@H]1n1c(SCc2cc(=O)oc3cc4c(cc23)CCC4)nnc1-c1cccnc1. The van der Waals surface area contributed by atoms with E-state index in [1.54, 1.807) is 24.0 Å². The van der Waals surface area contributed by atoms with Crippen LogP contribution >= 0.6 is 11.8 Å². The van der Waals surface area contributed by atoms with Crippen LogP contribution in [0.3, 0.4) is 0 Å². The Bertz CT molecular complexity index is 1400. The fourth-order valence-corrected chi connectivity index (χ4v) is 6.59. The smallest absolute Gasteiger partial charge is 0.336 e. The van der Waals surface area contributed by atoms with E-state index in [0.717, 1.165) is 46.8 Å². The Morgan fingerprint density at radius 2 is 1.94 bits per heavy atom. The lowest BCUT2D eigenvalue weighted by atomic mass is 9.85. The molecule has 3 heterocycles. The van der Waals surface area contributed by atoms with Crippen LogP contribution in [0.5, 0.6) is 0 Å². The molecule has 0 amide bonds. The largest absolute Gasteiger partial charge is 0.423 e. The lowest BCUT2D eigenvalue weighted by Gasteiger charge is -2.31. The maximum absolute atomic E-state index is 12.3. The van der Waals surface area contributed by atoms with E-state index in [0.29, 0.717) is 23.3 Å². The van der Waals surface area contributed by atoms with Crippen molar-refractivity contribution >= 4 is 22.7 Å². The standard InChI is InChI=1S/C27H28N4O2S/c1-17-6-2-3-10-23(17)31-26(20-9-5-11-28-15-20)29-30-27(31)34-16-21-14-25(32)33-24-13-19-8-4-7-18(19)12-22(21)24/h5,9,11-15,17,23H,2-4,6-8,10,16H2,1H3/t17-,23-/m1/s1. The molecule has 0 radical (unpaired) electrons. The molecule has 0 unspecified atom stereocenters. The predicted molar refractivity (Wildman–Crippen MR) is 134 cm³/mol. The van der Waals surface area contributed by atoms with Gasteiger partial charge in [0.1, 0.15) is 5.58 Å². The van der Waals surface area contributed by atoms with Gasteiger partial charge < -0.3 is 4.42 Å². The average Bonchev–Trinajstić information content (AvgIpc) is 3.48. The lowest BCUT2D eigenvalue weighted by Crippen LogP contribution is -2.22. The molecule has 0 bridgehead atoms. The molecule has 0 spiro atoms. The Morgan fingerprint density at radius 3 is 2.76 bits per heavy atom. The van der Waals surface area contributed by atoms with Crippen LogP contribution in [-0.2, 0) is 18.6 Å². The predicted octanol–water partition coefficient (Wildman–Crippen LogP) is 5.98. The molecule has 6 rings (SSSR count). The Labute approximate surface area is 202 Å². The van der Waals surface area contributed by atoms with E-state index < -0.39 is 0 Å². The fourth-order valence-electron chi connectivity index (χ4n) is 5.60. The molecule has 2 aliphatic rings. The molecule has 1 aromatic carbocycles. The molecular weight excluding hydrogens is 444 g/mol. The molecule has 1 saturated carbocycles. The van der Waals surface area contributed by atoms with E-state index in [9.17, 15) is 4.79 Å². The van der Waals surface area contributed by atoms with Crippen LogP contribution in [0, 0.1) is 5.92 Å². The highest BCUT2D eigenvalue weighted by Gasteiger charge is 2.29. The van der Waals surface area contributed by atoms with Crippen molar-refractivity contribution in [2.24, 2.45) is 5.92 Å². The number of pyridine rings is 1. The highest BCUT2D eigenvalue weighted by atomic mass is 32.2. The number of thioether (sulfide) groups is 1. The summed E-state index contributed by atoms with van der Waals surface area (Å²) < 4.78 is 7.90. The zero-order valence-corrected chi connectivity index (χ0v) is 20.2. The van der Waals surface area contributed by atoms with Crippen molar-refractivity contribution in [2.75, 3.05) is 0 Å². The van der Waals surface area contributed by atoms with Gasteiger partial charge in [-0.25, -0.2) is 4.79 Å². The van der Waals surface area contributed by atoms with Crippen LogP contribution in [0.1, 0.15) is 61.8 Å². The number of rotatable bonds is 5. The van der Waals surface area contributed by atoms with E-state index in [4.69, 9.17) is 4.42 Å². The second kappa shape index (κ2) is 9.02. The van der Waals surface area contributed by atoms with Gasteiger partial charge in [-0.1, -0.05) is 31.5 Å². The minimum Gasteiger partial charge on any atom is -0.423 e. The minimum atomic E-state index is -0.292. The molecule has 0 aliphatic heterocycles. The number of hydrogen-bond acceptors (Lipinski definition) is 6. The molecule has 6 nitrogen and oxygen atoms in total. The van der Waals surface area contributed by atoms with Gasteiger partial charge in [0.15, 0.2) is 11.0 Å². The van der Waals surface area contributed by atoms with Gasteiger partial charge in [-0.05, 0) is 79.0 Å². The zero-order chi connectivity index (χ0) is 23.1. The molecular formula is C27H28N4O2S. The zero-order valence-electron chi connectivity index (χ0n) is 19.4. The van der Waals surface area contributed by atoms with Gasteiger partial charge >= 0.3 is 5.63 Å². The quantitative estimate of drug-likeness (QED) is 0.263. The summed E-state index contributed by atoms with van der Waals surface area (Å²) in [5.74, 6) is 2.09. The van der Waals surface area contributed by atoms with Crippen LogP contribution in [0.25, 0.3) is 22.4 Å². The van der Waals surface area contributed by atoms with Crippen molar-refractivity contribution in [3.05, 3.63) is 69.8 Å². The first-order valence-electron chi connectivity index (χ1n) is 12.2. The number of nitrogens with zero attached hydrogens (tertiary/aromatic N) is 4. The van der Waals surface area contributed by atoms with Gasteiger partial charge in [0, 0.05) is 41.2 Å². The third-order valence-electron chi connectivity index (χ3n) is 7.38. The Hall–Kier alpha value is -2.93. The molecule has 4 aromatic rings. The van der Waals surface area contributed by atoms with Crippen LogP contribution in [0.4, 0.5) is 0 Å². The van der Waals surface area contributed by atoms with Crippen molar-refractivity contribution in [3.8, 4) is 11.4 Å². The van der Waals surface area contributed by atoms with Crippen molar-refractivity contribution in [2.45, 2.75) is 68.8 Å². The van der Waals surface area contributed by atoms with Crippen LogP contribution in [0.15, 0.2) is 57.1 Å². The summed E-state index contributed by atoms with van der Waals surface area (Å²) in [4.78, 5) is 16.7. The topological polar surface area (TPSA) is 73.8 Å². The molecule has 34 heavy (non-hydrogen) atoms. The van der Waals surface area contributed by atoms with E-state index >= 15 is 0 Å². The maximum atomic E-state index is 12.3. The van der Waals surface area contributed by atoms with Crippen molar-refractivity contribution in [3.63, 3.8) is 0 Å². The third-order valence-corrected chi connectivity index (χ3v) is 8.37. The molecule has 174 valence electrons. The van der Waals surface area contributed by atoms with E-state index in [2.05, 4.69) is 38.8 Å². The molecule has 0 saturated heterocycles. The number of hydrogen-bond donors (Lipinski definition) is 0. The van der Waals surface area contributed by atoms with E-state index in [1.807, 2.05) is 18.3 Å². The second-order valence-electron chi connectivity index (χ2n) is 9.60. The van der Waals surface area contributed by atoms with Gasteiger partial charge in [0.05, 0.1) is 0 Å². The first-order chi connectivity index (χ1) is 16.7. The summed E-state index contributed by atoms with van der Waals surface area (Å²) >= 11 is 1.66. The molecule has 1 fully saturated rings. The fraction of sp³-hybridized carbons (Fsp3) is 0.407. The molecule has 2 atom stereocenters. The number of fused-ring (bicyclic) bond motifs is 2. The van der Waals surface area contributed by atoms with E-state index in [1.165, 1.54) is 36.8 Å². The Morgan fingerprint density at radius 1 is 1.09 bits per heavy atom. The van der Waals surface area contributed by atoms with Crippen molar-refractivity contribution in [1.29, 1.82) is 0 Å². The van der Waals surface area contributed by atoms with Gasteiger partial charge in [0.25, 0.3) is 0 Å². The monoisotopic (exact) mass is 472 g/mol. The lowest BCUT2D eigenvalue weighted by molar-refractivity contribution is 0.247. The van der Waals surface area contributed by atoms with Crippen LogP contribution in [0.2, 0.25) is 0 Å². The number of aryl methyl sites for hydroxylation is 2. The van der Waals surface area contributed by atoms with Gasteiger partial charge in [-0.3, -0.25) is 9.55 Å². The highest BCUT2D eigenvalue weighted by molar-refractivity contribution is 7.98. The first-order valence-corrected chi connectivity index (χ1v) is 13.2. The summed E-state index contributed by atoms with van der Waals surface area (Å²) in [6, 6.07) is 10.3.